The molecule has 0 aliphatic carbocycles. The van der Waals surface area contributed by atoms with Crippen LogP contribution in [0.1, 0.15) is 11.1 Å². The van der Waals surface area contributed by atoms with Crippen molar-refractivity contribution in [3.8, 4) is 22.9 Å². The van der Waals surface area contributed by atoms with Crippen LogP contribution in [0.3, 0.4) is 0 Å². The number of rotatable bonds is 5. The third kappa shape index (κ3) is 4.14. The Morgan fingerprint density at radius 3 is 2.44 bits per heavy atom. The van der Waals surface area contributed by atoms with Crippen LogP contribution in [0.2, 0.25) is 5.02 Å². The van der Waals surface area contributed by atoms with Crippen LogP contribution in [0, 0.1) is 11.3 Å². The molecular formula is C20H15ClN2OS. The minimum Gasteiger partial charge on any atom is -0.497 e. The van der Waals surface area contributed by atoms with Crippen LogP contribution >= 0.6 is 23.4 Å². The van der Waals surface area contributed by atoms with Crippen LogP contribution in [0.15, 0.2) is 65.8 Å². The van der Waals surface area contributed by atoms with Crippen molar-refractivity contribution in [3.63, 3.8) is 0 Å². The first-order chi connectivity index (χ1) is 12.2. The summed E-state index contributed by atoms with van der Waals surface area (Å²) < 4.78 is 5.17. The van der Waals surface area contributed by atoms with E-state index in [9.17, 15) is 5.26 Å². The molecular weight excluding hydrogens is 352 g/mol. The predicted molar refractivity (Wildman–Crippen MR) is 102 cm³/mol. The van der Waals surface area contributed by atoms with Gasteiger partial charge >= 0.3 is 0 Å². The van der Waals surface area contributed by atoms with Gasteiger partial charge in [0.1, 0.15) is 16.8 Å². The Labute approximate surface area is 156 Å². The highest BCUT2D eigenvalue weighted by atomic mass is 35.5. The van der Waals surface area contributed by atoms with Crippen LogP contribution in [-0.2, 0) is 5.75 Å². The number of hydrogen-bond donors (Lipinski definition) is 0. The van der Waals surface area contributed by atoms with Gasteiger partial charge in [-0.05, 0) is 41.5 Å². The van der Waals surface area contributed by atoms with Crippen molar-refractivity contribution in [2.45, 2.75) is 10.8 Å². The van der Waals surface area contributed by atoms with Gasteiger partial charge in [0.25, 0.3) is 0 Å². The van der Waals surface area contributed by atoms with E-state index < -0.39 is 0 Å². The number of methoxy groups -OCH3 is 1. The predicted octanol–water partition coefficient (Wildman–Crippen LogP) is 5.57. The lowest BCUT2D eigenvalue weighted by Crippen LogP contribution is -1.92. The van der Waals surface area contributed by atoms with Gasteiger partial charge in [0.05, 0.1) is 12.7 Å². The lowest BCUT2D eigenvalue weighted by atomic mass is 10.0. The number of pyridine rings is 1. The molecule has 0 fully saturated rings. The molecule has 3 nitrogen and oxygen atoms in total. The molecule has 0 radical (unpaired) electrons. The van der Waals surface area contributed by atoms with Gasteiger partial charge in [-0.2, -0.15) is 5.26 Å². The number of hydrogen-bond acceptors (Lipinski definition) is 4. The van der Waals surface area contributed by atoms with Crippen molar-refractivity contribution in [3.05, 3.63) is 76.9 Å². The van der Waals surface area contributed by atoms with E-state index in [1.165, 1.54) is 0 Å². The summed E-state index contributed by atoms with van der Waals surface area (Å²) in [7, 11) is 1.65. The Kier molecular flexibility index (Phi) is 5.60. The summed E-state index contributed by atoms with van der Waals surface area (Å²) in [5.74, 6) is 1.56. The van der Waals surface area contributed by atoms with E-state index in [-0.39, 0.29) is 0 Å². The quantitative estimate of drug-likeness (QED) is 0.553. The first-order valence-electron chi connectivity index (χ1n) is 7.62. The minimum absolute atomic E-state index is 0.586. The molecule has 0 bridgehead atoms. The zero-order chi connectivity index (χ0) is 17.6. The Morgan fingerprint density at radius 1 is 1.08 bits per heavy atom. The topological polar surface area (TPSA) is 45.9 Å². The maximum absolute atomic E-state index is 9.63. The average Bonchev–Trinajstić information content (AvgIpc) is 2.67. The summed E-state index contributed by atoms with van der Waals surface area (Å²) in [6, 6.07) is 19.5. The van der Waals surface area contributed by atoms with Crippen molar-refractivity contribution >= 4 is 23.4 Å². The molecule has 0 saturated heterocycles. The zero-order valence-corrected chi connectivity index (χ0v) is 15.1. The second-order valence-corrected chi connectivity index (χ2v) is 6.69. The molecule has 0 unspecified atom stereocenters. The first kappa shape index (κ1) is 17.3. The fourth-order valence-corrected chi connectivity index (χ4v) is 3.46. The van der Waals surface area contributed by atoms with Crippen molar-refractivity contribution in [2.75, 3.05) is 7.11 Å². The van der Waals surface area contributed by atoms with Crippen molar-refractivity contribution in [2.24, 2.45) is 0 Å². The summed E-state index contributed by atoms with van der Waals surface area (Å²) in [5, 5.41) is 11.0. The number of nitriles is 1. The Bertz CT molecular complexity index is 902. The van der Waals surface area contributed by atoms with Crippen molar-refractivity contribution in [1.29, 1.82) is 5.26 Å². The number of thioether (sulfide) groups is 1. The standard InChI is InChI=1S/C20H15ClN2OS/c1-24-17-8-2-14(3-9-17)13-25-20-19(12-22)18(10-11-23-20)15-4-6-16(21)7-5-15/h2-11H,13H2,1H3. The molecule has 0 atom stereocenters. The molecule has 0 aliphatic heterocycles. The van der Waals surface area contributed by atoms with Crippen LogP contribution < -0.4 is 4.74 Å². The van der Waals surface area contributed by atoms with Gasteiger partial charge in [-0.25, -0.2) is 4.98 Å². The number of halogens is 1. The highest BCUT2D eigenvalue weighted by Crippen LogP contribution is 2.32. The Hall–Kier alpha value is -2.48. The van der Waals surface area contributed by atoms with Gasteiger partial charge in [-0.15, -0.1) is 11.8 Å². The lowest BCUT2D eigenvalue weighted by molar-refractivity contribution is 0.414. The van der Waals surface area contributed by atoms with Gasteiger partial charge < -0.3 is 4.74 Å². The molecule has 0 N–H and O–H groups in total. The minimum atomic E-state index is 0.586. The van der Waals surface area contributed by atoms with E-state index >= 15 is 0 Å². The van der Waals surface area contributed by atoms with Crippen LogP contribution in [0.4, 0.5) is 0 Å². The largest absolute Gasteiger partial charge is 0.497 e. The number of nitrogens with zero attached hydrogens (tertiary/aromatic N) is 2. The highest BCUT2D eigenvalue weighted by molar-refractivity contribution is 7.98. The second kappa shape index (κ2) is 8.06. The maximum Gasteiger partial charge on any atom is 0.118 e. The van der Waals surface area contributed by atoms with E-state index in [4.69, 9.17) is 16.3 Å². The van der Waals surface area contributed by atoms with Crippen molar-refractivity contribution in [1.82, 2.24) is 4.98 Å². The maximum atomic E-state index is 9.63. The Balaban J connectivity index is 1.85. The summed E-state index contributed by atoms with van der Waals surface area (Å²) in [5.41, 5.74) is 3.55. The fourth-order valence-electron chi connectivity index (χ4n) is 2.40. The number of ether oxygens (including phenoxy) is 1. The van der Waals surface area contributed by atoms with Crippen LogP contribution in [0.5, 0.6) is 5.75 Å². The molecule has 0 amide bonds. The molecule has 25 heavy (non-hydrogen) atoms. The summed E-state index contributed by atoms with van der Waals surface area (Å²) in [6.07, 6.45) is 1.74. The van der Waals surface area contributed by atoms with E-state index in [1.54, 1.807) is 25.1 Å². The van der Waals surface area contributed by atoms with E-state index in [2.05, 4.69) is 11.1 Å². The average molecular weight is 367 g/mol. The molecule has 5 heteroatoms. The molecule has 124 valence electrons. The molecule has 2 aromatic carbocycles. The van der Waals surface area contributed by atoms with Crippen molar-refractivity contribution < 1.29 is 4.74 Å². The molecule has 3 rings (SSSR count). The molecule has 3 aromatic rings. The molecule has 1 aromatic heterocycles. The van der Waals surface area contributed by atoms with E-state index in [0.717, 1.165) is 33.2 Å². The third-order valence-corrected chi connectivity index (χ3v) is 5.03. The van der Waals surface area contributed by atoms with E-state index in [0.29, 0.717) is 10.6 Å². The summed E-state index contributed by atoms with van der Waals surface area (Å²) >= 11 is 7.50. The molecule has 0 spiro atoms. The van der Waals surface area contributed by atoms with Gasteiger partial charge in [-0.3, -0.25) is 0 Å². The van der Waals surface area contributed by atoms with E-state index in [1.807, 2.05) is 54.6 Å². The van der Waals surface area contributed by atoms with Gasteiger partial charge in [-0.1, -0.05) is 35.9 Å². The second-order valence-electron chi connectivity index (χ2n) is 5.29. The van der Waals surface area contributed by atoms with Crippen LogP contribution in [-0.4, -0.2) is 12.1 Å². The molecule has 1 heterocycles. The third-order valence-electron chi connectivity index (χ3n) is 3.72. The van der Waals surface area contributed by atoms with Gasteiger partial charge in [0, 0.05) is 22.5 Å². The fraction of sp³-hybridized carbons (Fsp3) is 0.100. The number of aromatic nitrogens is 1. The molecule has 0 saturated carbocycles. The monoisotopic (exact) mass is 366 g/mol. The zero-order valence-electron chi connectivity index (χ0n) is 13.6. The highest BCUT2D eigenvalue weighted by Gasteiger charge is 2.12. The number of benzene rings is 2. The Morgan fingerprint density at radius 2 is 1.80 bits per heavy atom. The summed E-state index contributed by atoms with van der Waals surface area (Å²) in [4.78, 5) is 4.39. The SMILES string of the molecule is COc1ccc(CSc2nccc(-c3ccc(Cl)cc3)c2C#N)cc1. The smallest absolute Gasteiger partial charge is 0.118 e. The first-order valence-corrected chi connectivity index (χ1v) is 8.98. The summed E-state index contributed by atoms with van der Waals surface area (Å²) in [6.45, 7) is 0. The van der Waals surface area contributed by atoms with Crippen LogP contribution in [0.25, 0.3) is 11.1 Å². The lowest BCUT2D eigenvalue weighted by Gasteiger charge is -2.09. The molecule has 0 aliphatic rings. The normalized spacial score (nSPS) is 10.3. The van der Waals surface area contributed by atoms with Gasteiger partial charge in [0.2, 0.25) is 0 Å². The van der Waals surface area contributed by atoms with Gasteiger partial charge in [0.15, 0.2) is 0 Å².